The maximum Gasteiger partial charge on any atom is 0.250 e. The molecule has 0 radical (unpaired) electrons. The number of anilines is 1. The fraction of sp³-hybridized carbons (Fsp3) is 0.300. The number of nitrogens with zero attached hydrogens (tertiary/aromatic N) is 1. The molecular formula is C10H14N4O2. The highest BCUT2D eigenvalue weighted by Gasteiger charge is 2.02. The molecule has 1 aromatic rings. The van der Waals surface area contributed by atoms with Gasteiger partial charge in [0.2, 0.25) is 11.8 Å². The average molecular weight is 222 g/mol. The van der Waals surface area contributed by atoms with Gasteiger partial charge >= 0.3 is 0 Å². The Morgan fingerprint density at radius 3 is 2.69 bits per heavy atom. The number of hydrogen-bond donors (Lipinski definition) is 3. The van der Waals surface area contributed by atoms with Gasteiger partial charge in [0.15, 0.2) is 0 Å². The summed E-state index contributed by atoms with van der Waals surface area (Å²) >= 11 is 0. The van der Waals surface area contributed by atoms with Gasteiger partial charge in [-0.1, -0.05) is 0 Å². The zero-order valence-corrected chi connectivity index (χ0v) is 8.99. The van der Waals surface area contributed by atoms with Crippen molar-refractivity contribution in [2.75, 3.05) is 18.4 Å². The smallest absolute Gasteiger partial charge is 0.250 e. The summed E-state index contributed by atoms with van der Waals surface area (Å²) in [6.45, 7) is 2.59. The molecule has 1 aromatic heterocycles. The van der Waals surface area contributed by atoms with Crippen molar-refractivity contribution in [3.05, 3.63) is 23.9 Å². The summed E-state index contributed by atoms with van der Waals surface area (Å²) < 4.78 is 0. The van der Waals surface area contributed by atoms with Gasteiger partial charge < -0.3 is 16.4 Å². The number of hydrogen-bond acceptors (Lipinski definition) is 4. The highest BCUT2D eigenvalue weighted by molar-refractivity contribution is 5.92. The fourth-order valence-corrected chi connectivity index (χ4v) is 1.07. The zero-order chi connectivity index (χ0) is 12.0. The summed E-state index contributed by atoms with van der Waals surface area (Å²) in [5.74, 6) is -0.109. The lowest BCUT2D eigenvalue weighted by Crippen LogP contribution is -2.29. The molecule has 0 fully saturated rings. The number of amides is 2. The lowest BCUT2D eigenvalue weighted by atomic mass is 10.3. The minimum Gasteiger partial charge on any atom is -0.366 e. The van der Waals surface area contributed by atoms with Crippen LogP contribution in [0.25, 0.3) is 0 Å². The second-order valence-corrected chi connectivity index (χ2v) is 3.10. The van der Waals surface area contributed by atoms with Crippen molar-refractivity contribution >= 4 is 17.6 Å². The lowest BCUT2D eigenvalue weighted by molar-refractivity contribution is -0.119. The first-order chi connectivity index (χ1) is 7.63. The van der Waals surface area contributed by atoms with Gasteiger partial charge in [0.25, 0.3) is 0 Å². The Labute approximate surface area is 93.2 Å². The van der Waals surface area contributed by atoms with Crippen molar-refractivity contribution in [2.45, 2.75) is 6.92 Å². The quantitative estimate of drug-likeness (QED) is 0.638. The van der Waals surface area contributed by atoms with Crippen LogP contribution in [0.5, 0.6) is 0 Å². The largest absolute Gasteiger partial charge is 0.366 e. The summed E-state index contributed by atoms with van der Waals surface area (Å²) in [6, 6.07) is 3.15. The van der Waals surface area contributed by atoms with Gasteiger partial charge in [-0.05, 0) is 19.1 Å². The van der Waals surface area contributed by atoms with Crippen LogP contribution in [-0.2, 0) is 4.79 Å². The molecule has 0 bridgehead atoms. The minimum atomic E-state index is -0.525. The van der Waals surface area contributed by atoms with Crippen LogP contribution in [0.15, 0.2) is 18.3 Å². The van der Waals surface area contributed by atoms with E-state index in [9.17, 15) is 9.59 Å². The van der Waals surface area contributed by atoms with Gasteiger partial charge in [0, 0.05) is 12.7 Å². The first-order valence-electron chi connectivity index (χ1n) is 4.90. The number of nitrogens with two attached hydrogens (primary N) is 1. The third kappa shape index (κ3) is 3.56. The van der Waals surface area contributed by atoms with Gasteiger partial charge in [-0.3, -0.25) is 9.59 Å². The van der Waals surface area contributed by atoms with E-state index < -0.39 is 5.91 Å². The van der Waals surface area contributed by atoms with Crippen LogP contribution in [0.1, 0.15) is 17.3 Å². The van der Waals surface area contributed by atoms with Crippen molar-refractivity contribution < 1.29 is 9.59 Å². The Morgan fingerprint density at radius 1 is 1.44 bits per heavy atom. The molecule has 0 saturated heterocycles. The summed E-state index contributed by atoms with van der Waals surface area (Å²) in [6.07, 6.45) is 1.36. The fourth-order valence-electron chi connectivity index (χ4n) is 1.07. The molecule has 4 N–H and O–H groups in total. The molecule has 0 aliphatic carbocycles. The SMILES string of the molecule is CCNC(=O)CNc1ccc(C(N)=O)cn1. The van der Waals surface area contributed by atoms with E-state index in [2.05, 4.69) is 15.6 Å². The van der Waals surface area contributed by atoms with Crippen LogP contribution >= 0.6 is 0 Å². The molecule has 0 aliphatic rings. The molecule has 0 aromatic carbocycles. The summed E-state index contributed by atoms with van der Waals surface area (Å²) in [4.78, 5) is 25.8. The Hall–Kier alpha value is -2.11. The van der Waals surface area contributed by atoms with Crippen LogP contribution < -0.4 is 16.4 Å². The Balaban J connectivity index is 2.49. The van der Waals surface area contributed by atoms with E-state index in [0.29, 0.717) is 17.9 Å². The number of primary amides is 1. The molecular weight excluding hydrogens is 208 g/mol. The second kappa shape index (κ2) is 5.69. The number of rotatable bonds is 5. The van der Waals surface area contributed by atoms with E-state index in [0.717, 1.165) is 0 Å². The predicted octanol–water partition coefficient (Wildman–Crippen LogP) is -0.271. The number of nitrogens with one attached hydrogen (secondary N) is 2. The molecule has 1 heterocycles. The van der Waals surface area contributed by atoms with E-state index in [1.807, 2.05) is 6.92 Å². The van der Waals surface area contributed by atoms with Crippen molar-refractivity contribution in [1.82, 2.24) is 10.3 Å². The maximum absolute atomic E-state index is 11.1. The zero-order valence-electron chi connectivity index (χ0n) is 8.99. The van der Waals surface area contributed by atoms with Crippen LogP contribution in [0.3, 0.4) is 0 Å². The monoisotopic (exact) mass is 222 g/mol. The molecule has 86 valence electrons. The summed E-state index contributed by atoms with van der Waals surface area (Å²) in [7, 11) is 0. The molecule has 16 heavy (non-hydrogen) atoms. The van der Waals surface area contributed by atoms with E-state index in [4.69, 9.17) is 5.73 Å². The summed E-state index contributed by atoms with van der Waals surface area (Å²) in [5, 5.41) is 5.46. The second-order valence-electron chi connectivity index (χ2n) is 3.10. The number of carbonyl (C=O) groups excluding carboxylic acids is 2. The molecule has 0 atom stereocenters. The van der Waals surface area contributed by atoms with Gasteiger partial charge in [0.05, 0.1) is 12.1 Å². The Morgan fingerprint density at radius 2 is 2.19 bits per heavy atom. The molecule has 1 rings (SSSR count). The van der Waals surface area contributed by atoms with Crippen molar-refractivity contribution in [1.29, 1.82) is 0 Å². The van der Waals surface area contributed by atoms with E-state index in [1.54, 1.807) is 12.1 Å². The maximum atomic E-state index is 11.1. The van der Waals surface area contributed by atoms with Gasteiger partial charge in [-0.15, -0.1) is 0 Å². The predicted molar refractivity (Wildman–Crippen MR) is 59.9 cm³/mol. The third-order valence-corrected chi connectivity index (χ3v) is 1.85. The Kier molecular flexibility index (Phi) is 4.26. The van der Waals surface area contributed by atoms with E-state index >= 15 is 0 Å². The number of pyridine rings is 1. The molecule has 2 amide bonds. The highest BCUT2D eigenvalue weighted by Crippen LogP contribution is 2.03. The molecule has 0 saturated carbocycles. The lowest BCUT2D eigenvalue weighted by Gasteiger charge is -2.05. The molecule has 6 nitrogen and oxygen atoms in total. The van der Waals surface area contributed by atoms with Crippen LogP contribution in [0.4, 0.5) is 5.82 Å². The van der Waals surface area contributed by atoms with E-state index in [1.165, 1.54) is 6.20 Å². The number of likely N-dealkylation sites (N-methyl/N-ethyl adjacent to an activating group) is 1. The van der Waals surface area contributed by atoms with E-state index in [-0.39, 0.29) is 12.5 Å². The van der Waals surface area contributed by atoms with Crippen LogP contribution in [-0.4, -0.2) is 29.9 Å². The standard InChI is InChI=1S/C10H14N4O2/c1-2-12-9(15)6-14-8-4-3-7(5-13-8)10(11)16/h3-5H,2,6H2,1H3,(H2,11,16)(H,12,15)(H,13,14). The summed E-state index contributed by atoms with van der Waals surface area (Å²) in [5.41, 5.74) is 5.40. The van der Waals surface area contributed by atoms with Crippen molar-refractivity contribution in [2.24, 2.45) is 5.73 Å². The molecule has 0 spiro atoms. The normalized spacial score (nSPS) is 9.56. The molecule has 0 aliphatic heterocycles. The highest BCUT2D eigenvalue weighted by atomic mass is 16.2. The topological polar surface area (TPSA) is 97.1 Å². The number of carbonyl (C=O) groups is 2. The number of aromatic nitrogens is 1. The average Bonchev–Trinajstić information content (AvgIpc) is 2.27. The minimum absolute atomic E-state index is 0.108. The third-order valence-electron chi connectivity index (χ3n) is 1.85. The van der Waals surface area contributed by atoms with Crippen molar-refractivity contribution in [3.63, 3.8) is 0 Å². The van der Waals surface area contributed by atoms with Crippen LogP contribution in [0, 0.1) is 0 Å². The van der Waals surface area contributed by atoms with Gasteiger partial charge in [0.1, 0.15) is 5.82 Å². The molecule has 6 heteroatoms. The van der Waals surface area contributed by atoms with Gasteiger partial charge in [-0.2, -0.15) is 0 Å². The molecule has 0 unspecified atom stereocenters. The Bertz CT molecular complexity index is 375. The van der Waals surface area contributed by atoms with Crippen molar-refractivity contribution in [3.8, 4) is 0 Å². The van der Waals surface area contributed by atoms with Gasteiger partial charge in [-0.25, -0.2) is 4.98 Å². The first-order valence-corrected chi connectivity index (χ1v) is 4.90. The first kappa shape index (κ1) is 12.0. The van der Waals surface area contributed by atoms with Crippen LogP contribution in [0.2, 0.25) is 0 Å².